The SMILES string of the molecule is Cc1ccc(C(=S)Nc2nnc(C)s2)cc1. The summed E-state index contributed by atoms with van der Waals surface area (Å²) in [5, 5.41) is 12.6. The maximum Gasteiger partial charge on any atom is 0.210 e. The molecule has 0 bridgehead atoms. The molecule has 1 aromatic heterocycles. The fourth-order valence-corrected chi connectivity index (χ4v) is 2.11. The zero-order valence-electron chi connectivity index (χ0n) is 9.02. The Morgan fingerprint density at radius 1 is 1.19 bits per heavy atom. The van der Waals surface area contributed by atoms with Crippen molar-refractivity contribution in [2.75, 3.05) is 5.32 Å². The van der Waals surface area contributed by atoms with E-state index < -0.39 is 0 Å². The molecule has 0 aliphatic heterocycles. The molecular weight excluding hydrogens is 238 g/mol. The molecule has 2 aromatic rings. The second kappa shape index (κ2) is 4.67. The van der Waals surface area contributed by atoms with Gasteiger partial charge >= 0.3 is 0 Å². The van der Waals surface area contributed by atoms with Crippen LogP contribution < -0.4 is 5.32 Å². The molecule has 0 saturated carbocycles. The number of thiocarbonyl (C=S) groups is 1. The molecule has 0 spiro atoms. The largest absolute Gasteiger partial charge is 0.321 e. The summed E-state index contributed by atoms with van der Waals surface area (Å²) >= 11 is 6.78. The van der Waals surface area contributed by atoms with Crippen LogP contribution in [0.2, 0.25) is 0 Å². The third-order valence-corrected chi connectivity index (χ3v) is 3.15. The number of nitrogens with one attached hydrogen (secondary N) is 1. The molecule has 0 saturated heterocycles. The normalized spacial score (nSPS) is 10.1. The summed E-state index contributed by atoms with van der Waals surface area (Å²) < 4.78 is 0. The Labute approximate surface area is 104 Å². The fraction of sp³-hybridized carbons (Fsp3) is 0.182. The lowest BCUT2D eigenvalue weighted by molar-refractivity contribution is 1.05. The van der Waals surface area contributed by atoms with E-state index >= 15 is 0 Å². The molecule has 1 N–H and O–H groups in total. The summed E-state index contributed by atoms with van der Waals surface area (Å²) in [6.45, 7) is 3.96. The lowest BCUT2D eigenvalue weighted by atomic mass is 10.1. The van der Waals surface area contributed by atoms with Gasteiger partial charge in [0.05, 0.1) is 0 Å². The summed E-state index contributed by atoms with van der Waals surface area (Å²) in [7, 11) is 0. The Bertz CT molecular complexity index is 502. The Morgan fingerprint density at radius 3 is 2.44 bits per heavy atom. The number of rotatable bonds is 2. The minimum Gasteiger partial charge on any atom is -0.321 e. The van der Waals surface area contributed by atoms with E-state index in [4.69, 9.17) is 12.2 Å². The van der Waals surface area contributed by atoms with E-state index in [1.54, 1.807) is 0 Å². The molecule has 3 nitrogen and oxygen atoms in total. The fourth-order valence-electron chi connectivity index (χ4n) is 1.22. The average molecular weight is 249 g/mol. The number of benzene rings is 1. The monoisotopic (exact) mass is 249 g/mol. The molecule has 2 rings (SSSR count). The number of nitrogens with zero attached hydrogens (tertiary/aromatic N) is 2. The van der Waals surface area contributed by atoms with E-state index in [1.165, 1.54) is 16.9 Å². The smallest absolute Gasteiger partial charge is 0.210 e. The lowest BCUT2D eigenvalue weighted by Crippen LogP contribution is -2.10. The highest BCUT2D eigenvalue weighted by atomic mass is 32.1. The molecule has 1 aromatic carbocycles. The van der Waals surface area contributed by atoms with Crippen LogP contribution in [0.1, 0.15) is 16.1 Å². The average Bonchev–Trinajstić information content (AvgIpc) is 2.65. The minimum atomic E-state index is 0.677. The molecule has 0 aliphatic rings. The highest BCUT2D eigenvalue weighted by Crippen LogP contribution is 2.15. The van der Waals surface area contributed by atoms with Crippen LogP contribution in [-0.2, 0) is 0 Å². The van der Waals surface area contributed by atoms with Crippen molar-refractivity contribution in [3.05, 3.63) is 40.4 Å². The summed E-state index contributed by atoms with van der Waals surface area (Å²) in [4.78, 5) is 0.677. The minimum absolute atomic E-state index is 0.677. The Morgan fingerprint density at radius 2 is 1.88 bits per heavy atom. The van der Waals surface area contributed by atoms with Crippen LogP contribution in [0.5, 0.6) is 0 Å². The van der Waals surface area contributed by atoms with Crippen LogP contribution >= 0.6 is 23.6 Å². The molecule has 0 fully saturated rings. The van der Waals surface area contributed by atoms with Gasteiger partial charge in [0, 0.05) is 5.56 Å². The number of anilines is 1. The van der Waals surface area contributed by atoms with Gasteiger partial charge in [-0.15, -0.1) is 10.2 Å². The predicted molar refractivity (Wildman–Crippen MR) is 71.1 cm³/mol. The van der Waals surface area contributed by atoms with Crippen LogP contribution in [0.4, 0.5) is 5.13 Å². The maximum atomic E-state index is 5.28. The number of aromatic nitrogens is 2. The summed E-state index contributed by atoms with van der Waals surface area (Å²) in [6, 6.07) is 8.07. The van der Waals surface area contributed by atoms with E-state index in [2.05, 4.69) is 15.5 Å². The first kappa shape index (κ1) is 11.2. The summed E-state index contributed by atoms with van der Waals surface area (Å²) in [5.74, 6) is 0. The van der Waals surface area contributed by atoms with Crippen molar-refractivity contribution in [2.24, 2.45) is 0 Å². The summed E-state index contributed by atoms with van der Waals surface area (Å²) in [5.41, 5.74) is 2.21. The third kappa shape index (κ3) is 2.62. The zero-order valence-corrected chi connectivity index (χ0v) is 10.7. The van der Waals surface area contributed by atoms with E-state index in [9.17, 15) is 0 Å². The first-order valence-corrected chi connectivity index (χ1v) is 6.06. The van der Waals surface area contributed by atoms with Gasteiger partial charge in [0.2, 0.25) is 5.13 Å². The first-order valence-electron chi connectivity index (χ1n) is 4.83. The number of hydrogen-bond acceptors (Lipinski definition) is 4. The molecule has 5 heteroatoms. The highest BCUT2D eigenvalue weighted by molar-refractivity contribution is 7.81. The van der Waals surface area contributed by atoms with Crippen LogP contribution in [0.15, 0.2) is 24.3 Å². The van der Waals surface area contributed by atoms with Gasteiger partial charge in [0.15, 0.2) is 0 Å². The van der Waals surface area contributed by atoms with Crippen molar-refractivity contribution in [1.82, 2.24) is 10.2 Å². The Hall–Kier alpha value is -1.33. The van der Waals surface area contributed by atoms with Crippen LogP contribution in [0.3, 0.4) is 0 Å². The molecule has 1 heterocycles. The molecule has 0 aliphatic carbocycles. The molecule has 0 amide bonds. The topological polar surface area (TPSA) is 37.8 Å². The van der Waals surface area contributed by atoms with Gasteiger partial charge < -0.3 is 5.32 Å². The maximum absolute atomic E-state index is 5.28. The molecule has 0 radical (unpaired) electrons. The molecular formula is C11H11N3S2. The van der Waals surface area contributed by atoms with Gasteiger partial charge in [-0.05, 0) is 13.8 Å². The molecule has 0 atom stereocenters. The van der Waals surface area contributed by atoms with Gasteiger partial charge in [-0.3, -0.25) is 0 Å². The quantitative estimate of drug-likeness (QED) is 0.830. The number of aryl methyl sites for hydroxylation is 2. The van der Waals surface area contributed by atoms with Gasteiger partial charge in [-0.2, -0.15) is 0 Å². The van der Waals surface area contributed by atoms with E-state index in [-0.39, 0.29) is 0 Å². The second-order valence-electron chi connectivity index (χ2n) is 3.45. The standard InChI is InChI=1S/C11H11N3S2/c1-7-3-5-9(6-4-7)10(15)12-11-14-13-8(2)16-11/h3-6H,1-2H3,(H,12,14,15). The molecule has 0 unspecified atom stereocenters. The predicted octanol–water partition coefficient (Wildman–Crippen LogP) is 2.94. The van der Waals surface area contributed by atoms with E-state index in [0.717, 1.165) is 15.7 Å². The van der Waals surface area contributed by atoms with Crippen molar-refractivity contribution < 1.29 is 0 Å². The van der Waals surface area contributed by atoms with Crippen molar-refractivity contribution >= 4 is 33.7 Å². The van der Waals surface area contributed by atoms with Crippen LogP contribution in [0, 0.1) is 13.8 Å². The zero-order chi connectivity index (χ0) is 11.5. The van der Waals surface area contributed by atoms with Crippen molar-refractivity contribution in [2.45, 2.75) is 13.8 Å². The van der Waals surface area contributed by atoms with Gasteiger partial charge in [-0.25, -0.2) is 0 Å². The highest BCUT2D eigenvalue weighted by Gasteiger charge is 2.04. The van der Waals surface area contributed by atoms with Crippen molar-refractivity contribution in [3.63, 3.8) is 0 Å². The van der Waals surface area contributed by atoms with Gasteiger partial charge in [0.25, 0.3) is 0 Å². The third-order valence-electron chi connectivity index (χ3n) is 2.06. The molecule has 16 heavy (non-hydrogen) atoms. The van der Waals surface area contributed by atoms with Crippen molar-refractivity contribution in [3.8, 4) is 0 Å². The van der Waals surface area contributed by atoms with Gasteiger partial charge in [0.1, 0.15) is 10.00 Å². The van der Waals surface area contributed by atoms with Crippen molar-refractivity contribution in [1.29, 1.82) is 0 Å². The Balaban J connectivity index is 2.11. The van der Waals surface area contributed by atoms with Crippen LogP contribution in [0.25, 0.3) is 0 Å². The molecule has 82 valence electrons. The van der Waals surface area contributed by atoms with E-state index in [0.29, 0.717) is 4.99 Å². The van der Waals surface area contributed by atoms with E-state index in [1.807, 2.05) is 38.1 Å². The first-order chi connectivity index (χ1) is 7.65. The Kier molecular flexibility index (Phi) is 3.26. The lowest BCUT2D eigenvalue weighted by Gasteiger charge is -2.04. The summed E-state index contributed by atoms with van der Waals surface area (Å²) in [6.07, 6.45) is 0. The second-order valence-corrected chi connectivity index (χ2v) is 5.04. The van der Waals surface area contributed by atoms with Gasteiger partial charge in [-0.1, -0.05) is 53.4 Å². The number of hydrogen-bond donors (Lipinski definition) is 1. The van der Waals surface area contributed by atoms with Crippen LogP contribution in [-0.4, -0.2) is 15.2 Å².